The van der Waals surface area contributed by atoms with Crippen molar-refractivity contribution >= 4 is 5.69 Å². The van der Waals surface area contributed by atoms with Crippen LogP contribution < -0.4 is 10.6 Å². The molecule has 0 amide bonds. The molecule has 122 valence electrons. The minimum absolute atomic E-state index is 0.137. The van der Waals surface area contributed by atoms with Crippen molar-refractivity contribution in [3.8, 4) is 0 Å². The van der Waals surface area contributed by atoms with Gasteiger partial charge < -0.3 is 10.6 Å². The Morgan fingerprint density at radius 3 is 2.73 bits per heavy atom. The van der Waals surface area contributed by atoms with Crippen LogP contribution in [0.4, 0.5) is 18.9 Å². The van der Waals surface area contributed by atoms with E-state index in [9.17, 15) is 13.2 Å². The number of hydrogen-bond donors (Lipinski definition) is 2. The van der Waals surface area contributed by atoms with E-state index < -0.39 is 11.7 Å². The van der Waals surface area contributed by atoms with E-state index in [0.29, 0.717) is 18.0 Å². The van der Waals surface area contributed by atoms with Gasteiger partial charge in [-0.05, 0) is 48.9 Å². The first kappa shape index (κ1) is 15.7. The van der Waals surface area contributed by atoms with Crippen LogP contribution >= 0.6 is 0 Å². The zero-order valence-corrected chi connectivity index (χ0v) is 13.1. The molecule has 2 aliphatic rings. The van der Waals surface area contributed by atoms with Crippen LogP contribution in [0.15, 0.2) is 12.1 Å². The lowest BCUT2D eigenvalue weighted by Crippen LogP contribution is -2.38. The fourth-order valence-electron chi connectivity index (χ4n) is 3.55. The summed E-state index contributed by atoms with van der Waals surface area (Å²) >= 11 is 0. The van der Waals surface area contributed by atoms with Crippen molar-refractivity contribution in [2.45, 2.75) is 51.2 Å². The molecule has 2 N–H and O–H groups in total. The van der Waals surface area contributed by atoms with Gasteiger partial charge in [-0.2, -0.15) is 13.2 Å². The van der Waals surface area contributed by atoms with E-state index in [-0.39, 0.29) is 12.0 Å². The van der Waals surface area contributed by atoms with Crippen LogP contribution in [0.5, 0.6) is 0 Å². The summed E-state index contributed by atoms with van der Waals surface area (Å²) in [5, 5.41) is 6.45. The highest BCUT2D eigenvalue weighted by molar-refractivity contribution is 5.67. The zero-order valence-electron chi connectivity index (χ0n) is 13.1. The molecule has 2 heterocycles. The van der Waals surface area contributed by atoms with Gasteiger partial charge in [-0.1, -0.05) is 19.9 Å². The molecule has 5 heteroatoms. The number of anilines is 1. The molecule has 0 unspecified atom stereocenters. The summed E-state index contributed by atoms with van der Waals surface area (Å²) in [4.78, 5) is 0. The predicted molar refractivity (Wildman–Crippen MR) is 82.2 cm³/mol. The standard InChI is InChI=1S/C17H23F3N2/c1-10(2)3-4-11-7-12-13-9-21-6-5-15(13)22-16(12)14(8-11)17(18,19)20/h7-8,10,13,15,21-22H,3-6,9H2,1-2H3/t13-,15-/m1/s1. The molecular weight excluding hydrogens is 289 g/mol. The maximum Gasteiger partial charge on any atom is 0.418 e. The van der Waals surface area contributed by atoms with Gasteiger partial charge in [0.1, 0.15) is 0 Å². The molecule has 2 aliphatic heterocycles. The highest BCUT2D eigenvalue weighted by Crippen LogP contribution is 2.46. The van der Waals surface area contributed by atoms with Crippen molar-refractivity contribution in [2.24, 2.45) is 5.92 Å². The summed E-state index contributed by atoms with van der Waals surface area (Å²) in [6.07, 6.45) is -1.81. The molecule has 1 fully saturated rings. The second-order valence-corrected chi connectivity index (χ2v) is 6.89. The minimum atomic E-state index is -4.30. The number of benzene rings is 1. The number of alkyl halides is 3. The highest BCUT2D eigenvalue weighted by atomic mass is 19.4. The first-order chi connectivity index (χ1) is 10.4. The van der Waals surface area contributed by atoms with Gasteiger partial charge in [0.2, 0.25) is 0 Å². The maximum atomic E-state index is 13.4. The molecule has 0 aliphatic carbocycles. The molecule has 0 bridgehead atoms. The van der Waals surface area contributed by atoms with Gasteiger partial charge in [-0.3, -0.25) is 0 Å². The molecule has 1 aromatic carbocycles. The van der Waals surface area contributed by atoms with Gasteiger partial charge in [0, 0.05) is 18.5 Å². The average molecular weight is 312 g/mol. The molecule has 0 aromatic heterocycles. The van der Waals surface area contributed by atoms with Gasteiger partial charge in [0.05, 0.1) is 11.3 Å². The molecule has 3 rings (SSSR count). The average Bonchev–Trinajstić information content (AvgIpc) is 2.81. The monoisotopic (exact) mass is 312 g/mol. The Labute approximate surface area is 129 Å². The lowest BCUT2D eigenvalue weighted by Gasteiger charge is -2.26. The van der Waals surface area contributed by atoms with Gasteiger partial charge >= 0.3 is 6.18 Å². The second kappa shape index (κ2) is 5.76. The Morgan fingerprint density at radius 1 is 1.27 bits per heavy atom. The summed E-state index contributed by atoms with van der Waals surface area (Å²) in [6, 6.07) is 3.48. The van der Waals surface area contributed by atoms with Crippen LogP contribution in [0.3, 0.4) is 0 Å². The maximum absolute atomic E-state index is 13.4. The summed E-state index contributed by atoms with van der Waals surface area (Å²) in [7, 11) is 0. The Balaban J connectivity index is 2.00. The van der Waals surface area contributed by atoms with E-state index in [1.54, 1.807) is 0 Å². The Morgan fingerprint density at radius 2 is 2.05 bits per heavy atom. The topological polar surface area (TPSA) is 24.1 Å². The molecule has 2 nitrogen and oxygen atoms in total. The Bertz CT molecular complexity index is 552. The van der Waals surface area contributed by atoms with Crippen molar-refractivity contribution < 1.29 is 13.2 Å². The van der Waals surface area contributed by atoms with E-state index in [1.165, 1.54) is 6.07 Å². The number of halogens is 3. The number of aryl methyl sites for hydroxylation is 1. The van der Waals surface area contributed by atoms with E-state index in [2.05, 4.69) is 24.5 Å². The van der Waals surface area contributed by atoms with E-state index in [4.69, 9.17) is 0 Å². The van der Waals surface area contributed by atoms with Crippen LogP contribution in [0.1, 0.15) is 49.3 Å². The molecule has 1 aromatic rings. The molecule has 0 saturated carbocycles. The molecule has 22 heavy (non-hydrogen) atoms. The van der Waals surface area contributed by atoms with E-state index >= 15 is 0 Å². The van der Waals surface area contributed by atoms with Gasteiger partial charge in [-0.15, -0.1) is 0 Å². The van der Waals surface area contributed by atoms with Crippen LogP contribution in [0.25, 0.3) is 0 Å². The first-order valence-electron chi connectivity index (χ1n) is 8.07. The van der Waals surface area contributed by atoms with Crippen molar-refractivity contribution in [2.75, 3.05) is 18.4 Å². The number of fused-ring (bicyclic) bond motifs is 3. The number of rotatable bonds is 3. The molecule has 0 spiro atoms. The third-order valence-corrected chi connectivity index (χ3v) is 4.76. The van der Waals surface area contributed by atoms with Crippen LogP contribution in [-0.4, -0.2) is 19.1 Å². The Hall–Kier alpha value is -1.23. The van der Waals surface area contributed by atoms with Crippen LogP contribution in [0.2, 0.25) is 0 Å². The normalized spacial score (nSPS) is 24.1. The number of hydrogen-bond acceptors (Lipinski definition) is 2. The third-order valence-electron chi connectivity index (χ3n) is 4.76. The van der Waals surface area contributed by atoms with Crippen molar-refractivity contribution in [3.63, 3.8) is 0 Å². The fraction of sp³-hybridized carbons (Fsp3) is 0.647. The number of nitrogens with one attached hydrogen (secondary N) is 2. The van der Waals surface area contributed by atoms with Crippen molar-refractivity contribution in [1.29, 1.82) is 0 Å². The predicted octanol–water partition coefficient (Wildman–Crippen LogP) is 4.17. The summed E-state index contributed by atoms with van der Waals surface area (Å²) in [6.45, 7) is 5.82. The van der Waals surface area contributed by atoms with Gasteiger partial charge in [0.25, 0.3) is 0 Å². The molecule has 1 saturated heterocycles. The summed E-state index contributed by atoms with van der Waals surface area (Å²) < 4.78 is 40.3. The summed E-state index contributed by atoms with van der Waals surface area (Å²) in [5.74, 6) is 0.647. The van der Waals surface area contributed by atoms with E-state index in [1.807, 2.05) is 6.07 Å². The Kier molecular flexibility index (Phi) is 4.10. The third kappa shape index (κ3) is 2.96. The molecule has 2 atom stereocenters. The molecular formula is C17H23F3N2. The molecule has 0 radical (unpaired) electrons. The first-order valence-corrected chi connectivity index (χ1v) is 8.07. The lowest BCUT2D eigenvalue weighted by molar-refractivity contribution is -0.137. The van der Waals surface area contributed by atoms with E-state index in [0.717, 1.165) is 37.1 Å². The van der Waals surface area contributed by atoms with Gasteiger partial charge in [0.15, 0.2) is 0 Å². The van der Waals surface area contributed by atoms with Crippen molar-refractivity contribution in [3.05, 3.63) is 28.8 Å². The van der Waals surface area contributed by atoms with Gasteiger partial charge in [-0.25, -0.2) is 0 Å². The highest BCUT2D eigenvalue weighted by Gasteiger charge is 2.42. The minimum Gasteiger partial charge on any atom is -0.381 e. The van der Waals surface area contributed by atoms with Crippen molar-refractivity contribution in [1.82, 2.24) is 5.32 Å². The lowest BCUT2D eigenvalue weighted by atomic mass is 9.88. The van der Waals surface area contributed by atoms with Crippen LogP contribution in [0, 0.1) is 5.92 Å². The fourth-order valence-corrected chi connectivity index (χ4v) is 3.55. The second-order valence-electron chi connectivity index (χ2n) is 6.89. The SMILES string of the molecule is CC(C)CCc1cc2c(c(C(F)(F)F)c1)N[C@@H]1CCNC[C@H]21. The van der Waals surface area contributed by atoms with Crippen LogP contribution in [-0.2, 0) is 12.6 Å². The smallest absolute Gasteiger partial charge is 0.381 e. The zero-order chi connectivity index (χ0) is 15.9. The largest absolute Gasteiger partial charge is 0.418 e. The number of piperidine rings is 1. The quantitative estimate of drug-likeness (QED) is 0.875. The summed E-state index contributed by atoms with van der Waals surface area (Å²) in [5.41, 5.74) is 1.50.